The number of anilines is 1. The molecule has 9 heteroatoms. The Labute approximate surface area is 197 Å². The van der Waals surface area contributed by atoms with Crippen LogP contribution < -0.4 is 14.8 Å². The van der Waals surface area contributed by atoms with Gasteiger partial charge in [-0.3, -0.25) is 4.79 Å². The van der Waals surface area contributed by atoms with Crippen LogP contribution in [-0.2, 0) is 0 Å². The van der Waals surface area contributed by atoms with Gasteiger partial charge in [-0.25, -0.2) is 4.63 Å². The molecule has 0 aliphatic heterocycles. The van der Waals surface area contributed by atoms with Crippen LogP contribution >= 0.6 is 23.2 Å². The van der Waals surface area contributed by atoms with Crippen LogP contribution in [0, 0.1) is 6.92 Å². The van der Waals surface area contributed by atoms with Gasteiger partial charge in [0.15, 0.2) is 11.4 Å². The molecule has 0 atom stereocenters. The molecular weight excluding hydrogens is 453 g/mol. The zero-order valence-corrected chi connectivity index (χ0v) is 19.7. The van der Waals surface area contributed by atoms with E-state index < -0.39 is 5.91 Å². The van der Waals surface area contributed by atoms with Crippen LogP contribution in [-0.4, -0.2) is 29.9 Å². The number of aromatic nitrogens is 2. The van der Waals surface area contributed by atoms with Crippen LogP contribution in [0.25, 0.3) is 11.3 Å². The fourth-order valence-corrected chi connectivity index (χ4v) is 3.78. The maximum absolute atomic E-state index is 12.8. The van der Waals surface area contributed by atoms with Gasteiger partial charge >= 0.3 is 0 Å². The van der Waals surface area contributed by atoms with Crippen LogP contribution in [0.1, 0.15) is 48.5 Å². The van der Waals surface area contributed by atoms with Gasteiger partial charge in [0.2, 0.25) is 5.82 Å². The smallest absolute Gasteiger partial charge is 0.257 e. The summed E-state index contributed by atoms with van der Waals surface area (Å²) in [4.78, 5) is 12.8. The monoisotopic (exact) mass is 477 g/mol. The molecule has 0 unspecified atom stereocenters. The van der Waals surface area contributed by atoms with Gasteiger partial charge in [-0.05, 0) is 59.6 Å². The highest BCUT2D eigenvalue weighted by atomic mass is 35.5. The maximum atomic E-state index is 12.8. The molecule has 7 nitrogen and oxygen atoms in total. The topological polar surface area (TPSA) is 86.5 Å². The molecule has 0 bridgehead atoms. The van der Waals surface area contributed by atoms with Gasteiger partial charge < -0.3 is 14.8 Å². The Kier molecular flexibility index (Phi) is 8.36. The number of amides is 1. The number of methoxy groups -OCH3 is 1. The second-order valence-corrected chi connectivity index (χ2v) is 8.09. The van der Waals surface area contributed by atoms with Gasteiger partial charge in [-0.15, -0.1) is 0 Å². The minimum Gasteiger partial charge on any atom is -0.497 e. The number of ether oxygens (including phenoxy) is 2. The van der Waals surface area contributed by atoms with Gasteiger partial charge in [-0.2, -0.15) is 0 Å². The SMILES string of the molecule is CCCCCCOc1c(Cl)cc(C(=O)Nc2nonc2-c2ccc(OC)cc2C)cc1Cl. The maximum Gasteiger partial charge on any atom is 0.257 e. The summed E-state index contributed by atoms with van der Waals surface area (Å²) in [6.07, 6.45) is 4.29. The summed E-state index contributed by atoms with van der Waals surface area (Å²) in [7, 11) is 1.59. The number of hydrogen-bond acceptors (Lipinski definition) is 6. The van der Waals surface area contributed by atoms with Crippen molar-refractivity contribution >= 4 is 34.9 Å². The van der Waals surface area contributed by atoms with Gasteiger partial charge in [0.1, 0.15) is 5.75 Å². The summed E-state index contributed by atoms with van der Waals surface area (Å²) in [5.41, 5.74) is 2.31. The summed E-state index contributed by atoms with van der Waals surface area (Å²) in [5.74, 6) is 0.822. The first-order chi connectivity index (χ1) is 15.4. The Balaban J connectivity index is 1.74. The number of nitrogens with one attached hydrogen (secondary N) is 1. The summed E-state index contributed by atoms with van der Waals surface area (Å²) in [5, 5.41) is 11.0. The van der Waals surface area contributed by atoms with Crippen LogP contribution in [0.3, 0.4) is 0 Å². The molecule has 0 saturated heterocycles. The Bertz CT molecular complexity index is 1060. The molecule has 0 aliphatic carbocycles. The molecule has 1 heterocycles. The Morgan fingerprint density at radius 1 is 1.09 bits per heavy atom. The second-order valence-electron chi connectivity index (χ2n) is 7.27. The third kappa shape index (κ3) is 5.72. The lowest BCUT2D eigenvalue weighted by molar-refractivity contribution is 0.102. The van der Waals surface area contributed by atoms with E-state index in [2.05, 4.69) is 22.6 Å². The van der Waals surface area contributed by atoms with Gasteiger partial charge in [0.05, 0.1) is 23.8 Å². The molecule has 32 heavy (non-hydrogen) atoms. The predicted molar refractivity (Wildman–Crippen MR) is 125 cm³/mol. The highest BCUT2D eigenvalue weighted by molar-refractivity contribution is 6.37. The molecule has 0 saturated carbocycles. The highest BCUT2D eigenvalue weighted by Gasteiger charge is 2.20. The first kappa shape index (κ1) is 23.9. The summed E-state index contributed by atoms with van der Waals surface area (Å²) < 4.78 is 15.8. The normalized spacial score (nSPS) is 10.8. The number of unbranched alkanes of at least 4 members (excludes halogenated alkanes) is 3. The van der Waals surface area contributed by atoms with Crippen LogP contribution in [0.15, 0.2) is 35.0 Å². The molecule has 0 spiro atoms. The second kappa shape index (κ2) is 11.2. The number of aryl methyl sites for hydroxylation is 1. The van der Waals surface area contributed by atoms with Crippen molar-refractivity contribution in [2.24, 2.45) is 0 Å². The highest BCUT2D eigenvalue weighted by Crippen LogP contribution is 2.35. The quantitative estimate of drug-likeness (QED) is 0.332. The molecule has 0 radical (unpaired) electrons. The average Bonchev–Trinajstić information content (AvgIpc) is 3.22. The van der Waals surface area contributed by atoms with Crippen molar-refractivity contribution in [3.8, 4) is 22.8 Å². The Morgan fingerprint density at radius 2 is 1.84 bits per heavy atom. The van der Waals surface area contributed by atoms with E-state index in [0.717, 1.165) is 36.8 Å². The lowest BCUT2D eigenvalue weighted by Gasteiger charge is -2.12. The minimum atomic E-state index is -0.452. The minimum absolute atomic E-state index is 0.187. The number of carbonyl (C=O) groups excluding carboxylic acids is 1. The molecule has 1 N–H and O–H groups in total. The van der Waals surface area contributed by atoms with Crippen LogP contribution in [0.5, 0.6) is 11.5 Å². The van der Waals surface area contributed by atoms with Crippen molar-refractivity contribution in [2.45, 2.75) is 39.5 Å². The Hall–Kier alpha value is -2.77. The third-order valence-corrected chi connectivity index (χ3v) is 5.48. The van der Waals surface area contributed by atoms with Gasteiger partial charge in [-0.1, -0.05) is 49.4 Å². The number of halogens is 2. The first-order valence-electron chi connectivity index (χ1n) is 10.3. The largest absolute Gasteiger partial charge is 0.497 e. The van der Waals surface area contributed by atoms with E-state index in [9.17, 15) is 4.79 Å². The standard InChI is InChI=1S/C23H25Cl2N3O4/c1-4-5-6-7-10-31-21-18(24)12-15(13-19(21)25)23(29)26-22-20(27-32-28-22)17-9-8-16(30-3)11-14(17)2/h8-9,11-13H,4-7,10H2,1-3H3,(H,26,28,29). The van der Waals surface area contributed by atoms with E-state index >= 15 is 0 Å². The molecule has 2 aromatic carbocycles. The Morgan fingerprint density at radius 3 is 2.50 bits per heavy atom. The summed E-state index contributed by atoms with van der Waals surface area (Å²) >= 11 is 12.7. The van der Waals surface area contributed by atoms with Crippen molar-refractivity contribution < 1.29 is 18.9 Å². The molecule has 0 aliphatic rings. The number of hydrogen-bond donors (Lipinski definition) is 1. The van der Waals surface area contributed by atoms with E-state index in [0.29, 0.717) is 23.8 Å². The van der Waals surface area contributed by atoms with E-state index in [1.165, 1.54) is 12.1 Å². The van der Waals surface area contributed by atoms with E-state index in [-0.39, 0.29) is 21.4 Å². The van der Waals surface area contributed by atoms with Crippen LogP contribution in [0.2, 0.25) is 10.0 Å². The molecule has 170 valence electrons. The van der Waals surface area contributed by atoms with Gasteiger partial charge in [0, 0.05) is 11.1 Å². The van der Waals surface area contributed by atoms with Gasteiger partial charge in [0.25, 0.3) is 5.91 Å². The molecular formula is C23H25Cl2N3O4. The zero-order valence-electron chi connectivity index (χ0n) is 18.2. The molecule has 3 rings (SSSR count). The fraction of sp³-hybridized carbons (Fsp3) is 0.348. The number of nitrogens with zero attached hydrogens (tertiary/aromatic N) is 2. The molecule has 0 fully saturated rings. The van der Waals surface area contributed by atoms with Crippen molar-refractivity contribution in [3.05, 3.63) is 51.5 Å². The van der Waals surface area contributed by atoms with E-state index in [1.807, 2.05) is 19.1 Å². The lowest BCUT2D eigenvalue weighted by atomic mass is 10.1. The zero-order chi connectivity index (χ0) is 23.1. The fourth-order valence-electron chi connectivity index (χ4n) is 3.19. The van der Waals surface area contributed by atoms with Crippen molar-refractivity contribution in [1.29, 1.82) is 0 Å². The summed E-state index contributed by atoms with van der Waals surface area (Å²) in [6.45, 7) is 4.56. The molecule has 1 aromatic heterocycles. The third-order valence-electron chi connectivity index (χ3n) is 4.91. The van der Waals surface area contributed by atoms with E-state index in [4.69, 9.17) is 37.3 Å². The first-order valence-corrected chi connectivity index (χ1v) is 11.1. The number of carbonyl (C=O) groups is 1. The average molecular weight is 478 g/mol. The van der Waals surface area contributed by atoms with Crippen molar-refractivity contribution in [2.75, 3.05) is 19.0 Å². The lowest BCUT2D eigenvalue weighted by Crippen LogP contribution is -2.13. The van der Waals surface area contributed by atoms with Crippen molar-refractivity contribution in [1.82, 2.24) is 10.3 Å². The summed E-state index contributed by atoms with van der Waals surface area (Å²) in [6, 6.07) is 8.49. The van der Waals surface area contributed by atoms with Crippen molar-refractivity contribution in [3.63, 3.8) is 0 Å². The number of rotatable bonds is 10. The molecule has 1 amide bonds. The molecule has 3 aromatic rings. The number of benzene rings is 2. The predicted octanol–water partition coefficient (Wildman–Crippen LogP) is 6.57. The van der Waals surface area contributed by atoms with E-state index in [1.54, 1.807) is 13.2 Å². The van der Waals surface area contributed by atoms with Crippen LogP contribution in [0.4, 0.5) is 5.82 Å².